The summed E-state index contributed by atoms with van der Waals surface area (Å²) in [5.74, 6) is -4.02. The minimum Gasteiger partial charge on any atom is -0.506 e. The van der Waals surface area contributed by atoms with Gasteiger partial charge in [-0.3, -0.25) is 0 Å². The first-order valence-corrected chi connectivity index (χ1v) is 10.3. The topological polar surface area (TPSA) is 270 Å². The Bertz CT molecular complexity index is 679. The first-order chi connectivity index (χ1) is 15.9. The molecule has 0 aliphatic carbocycles. The third kappa shape index (κ3) is 7.89. The minimum atomic E-state index is -2.18. The molecule has 9 atom stereocenters. The van der Waals surface area contributed by atoms with Gasteiger partial charge in [0.25, 0.3) is 0 Å². The standard InChI is InChI=1S/C19H34O15/c1-7(22)11(24)12(25)8(23)3-5-32-18(31)16(29)13(26)9(2-4-20)33-19-17(30)15(28)14(27)10(6-21)34-19/h7-10,14-15,17-31H,2-6H2,1H3/b12-11-,16-13-/t7-,8+,9+,10?,14-,15?,17?,18-,19+/m1/s1. The van der Waals surface area contributed by atoms with Gasteiger partial charge in [-0.25, -0.2) is 0 Å². The Hall–Kier alpha value is -1.76. The summed E-state index contributed by atoms with van der Waals surface area (Å²) in [6.07, 6.45) is -16.0. The molecule has 0 saturated carbocycles. The molecule has 0 radical (unpaired) electrons. The highest BCUT2D eigenvalue weighted by Gasteiger charge is 2.45. The van der Waals surface area contributed by atoms with Gasteiger partial charge in [0.15, 0.2) is 29.3 Å². The second-order valence-electron chi connectivity index (χ2n) is 7.58. The van der Waals surface area contributed by atoms with Crippen LogP contribution in [0.25, 0.3) is 0 Å². The van der Waals surface area contributed by atoms with Crippen molar-refractivity contribution in [2.75, 3.05) is 19.8 Å². The molecule has 0 aromatic carbocycles. The molecule has 0 bridgehead atoms. The van der Waals surface area contributed by atoms with Gasteiger partial charge in [-0.15, -0.1) is 0 Å². The van der Waals surface area contributed by atoms with Gasteiger partial charge in [-0.2, -0.15) is 0 Å². The number of aliphatic hydroxyl groups is 12. The van der Waals surface area contributed by atoms with Crippen LogP contribution < -0.4 is 0 Å². The van der Waals surface area contributed by atoms with Crippen molar-refractivity contribution in [3.8, 4) is 0 Å². The second kappa shape index (κ2) is 14.0. The van der Waals surface area contributed by atoms with Crippen LogP contribution in [0.4, 0.5) is 0 Å². The first-order valence-electron chi connectivity index (χ1n) is 10.3. The van der Waals surface area contributed by atoms with E-state index in [2.05, 4.69) is 0 Å². The quantitative estimate of drug-likeness (QED) is 0.0867. The minimum absolute atomic E-state index is 0.395. The lowest BCUT2D eigenvalue weighted by Gasteiger charge is -2.40. The fourth-order valence-electron chi connectivity index (χ4n) is 2.91. The van der Waals surface area contributed by atoms with Crippen molar-refractivity contribution in [2.45, 2.75) is 75.1 Å². The fourth-order valence-corrected chi connectivity index (χ4v) is 2.91. The number of ether oxygens (including phenoxy) is 3. The molecule has 0 aromatic rings. The van der Waals surface area contributed by atoms with Crippen LogP contribution in [0.15, 0.2) is 23.0 Å². The molecule has 1 aliphatic heterocycles. The molecule has 1 fully saturated rings. The molecule has 200 valence electrons. The lowest BCUT2D eigenvalue weighted by Crippen LogP contribution is -2.59. The maximum atomic E-state index is 10.3. The Balaban J connectivity index is 2.83. The highest BCUT2D eigenvalue weighted by atomic mass is 16.7. The normalized spacial score (nSPS) is 30.7. The number of aliphatic hydroxyl groups excluding tert-OH is 12. The van der Waals surface area contributed by atoms with Crippen molar-refractivity contribution in [1.29, 1.82) is 0 Å². The molecule has 0 amide bonds. The Morgan fingerprint density at radius 1 is 0.824 bits per heavy atom. The van der Waals surface area contributed by atoms with E-state index in [1.807, 2.05) is 0 Å². The van der Waals surface area contributed by atoms with E-state index in [0.717, 1.165) is 6.92 Å². The average Bonchev–Trinajstić information content (AvgIpc) is 2.81. The highest BCUT2D eigenvalue weighted by molar-refractivity contribution is 5.08. The molecule has 15 heteroatoms. The third-order valence-corrected chi connectivity index (χ3v) is 4.98. The largest absolute Gasteiger partial charge is 0.506 e. The predicted molar refractivity (Wildman–Crippen MR) is 109 cm³/mol. The van der Waals surface area contributed by atoms with E-state index in [0.29, 0.717) is 0 Å². The van der Waals surface area contributed by atoms with Crippen molar-refractivity contribution in [1.82, 2.24) is 0 Å². The molecule has 1 aliphatic rings. The first kappa shape index (κ1) is 30.3. The summed E-state index contributed by atoms with van der Waals surface area (Å²) in [5, 5.41) is 116. The number of hydrogen-bond acceptors (Lipinski definition) is 15. The fraction of sp³-hybridized carbons (Fsp3) is 0.789. The van der Waals surface area contributed by atoms with Crippen LogP contribution in [-0.2, 0) is 14.2 Å². The van der Waals surface area contributed by atoms with Gasteiger partial charge in [-0.1, -0.05) is 0 Å². The summed E-state index contributed by atoms with van der Waals surface area (Å²) in [6, 6.07) is 0. The zero-order valence-corrected chi connectivity index (χ0v) is 18.3. The summed E-state index contributed by atoms with van der Waals surface area (Å²) in [4.78, 5) is 0. The molecule has 3 unspecified atom stereocenters. The average molecular weight is 502 g/mol. The Kier molecular flexibility index (Phi) is 12.4. The molecule has 0 aromatic heterocycles. The molecule has 34 heavy (non-hydrogen) atoms. The molecule has 15 nitrogen and oxygen atoms in total. The van der Waals surface area contributed by atoms with Crippen LogP contribution in [0, 0.1) is 0 Å². The van der Waals surface area contributed by atoms with E-state index in [1.54, 1.807) is 0 Å². The van der Waals surface area contributed by atoms with Gasteiger partial charge in [0.2, 0.25) is 6.29 Å². The van der Waals surface area contributed by atoms with E-state index in [-0.39, 0.29) is 0 Å². The predicted octanol–water partition coefficient (Wildman–Crippen LogP) is -3.32. The summed E-state index contributed by atoms with van der Waals surface area (Å²) in [6.45, 7) is -0.740. The van der Waals surface area contributed by atoms with E-state index in [9.17, 15) is 56.2 Å². The van der Waals surface area contributed by atoms with Crippen molar-refractivity contribution < 1.29 is 75.5 Å². The number of rotatable bonds is 13. The maximum absolute atomic E-state index is 10.3. The van der Waals surface area contributed by atoms with Gasteiger partial charge in [0.05, 0.1) is 13.2 Å². The zero-order valence-electron chi connectivity index (χ0n) is 18.3. The zero-order chi connectivity index (χ0) is 26.2. The monoisotopic (exact) mass is 502 g/mol. The molecule has 0 spiro atoms. The van der Waals surface area contributed by atoms with Crippen LogP contribution in [-0.4, -0.2) is 136 Å². The van der Waals surface area contributed by atoms with Crippen molar-refractivity contribution in [3.63, 3.8) is 0 Å². The van der Waals surface area contributed by atoms with Gasteiger partial charge in [0, 0.05) is 19.4 Å². The summed E-state index contributed by atoms with van der Waals surface area (Å²) in [5.41, 5.74) is 0. The summed E-state index contributed by atoms with van der Waals surface area (Å²) >= 11 is 0. The van der Waals surface area contributed by atoms with Crippen LogP contribution in [0.2, 0.25) is 0 Å². The van der Waals surface area contributed by atoms with Crippen molar-refractivity contribution >= 4 is 0 Å². The van der Waals surface area contributed by atoms with E-state index in [4.69, 9.17) is 19.3 Å². The Labute approximate surface area is 194 Å². The van der Waals surface area contributed by atoms with Crippen LogP contribution in [0.5, 0.6) is 0 Å². The highest BCUT2D eigenvalue weighted by Crippen LogP contribution is 2.26. The lowest BCUT2D eigenvalue weighted by molar-refractivity contribution is -0.311. The molecule has 1 rings (SSSR count). The smallest absolute Gasteiger partial charge is 0.217 e. The van der Waals surface area contributed by atoms with Crippen LogP contribution in [0.1, 0.15) is 19.8 Å². The van der Waals surface area contributed by atoms with E-state index < -0.39 is 111 Å². The van der Waals surface area contributed by atoms with Crippen molar-refractivity contribution in [2.24, 2.45) is 0 Å². The van der Waals surface area contributed by atoms with E-state index >= 15 is 0 Å². The molecule has 1 saturated heterocycles. The van der Waals surface area contributed by atoms with Crippen LogP contribution in [0.3, 0.4) is 0 Å². The third-order valence-electron chi connectivity index (χ3n) is 4.98. The van der Waals surface area contributed by atoms with Gasteiger partial charge in [0.1, 0.15) is 42.7 Å². The van der Waals surface area contributed by atoms with Gasteiger partial charge < -0.3 is 75.5 Å². The Morgan fingerprint density at radius 3 is 1.97 bits per heavy atom. The summed E-state index contributed by atoms with van der Waals surface area (Å²) < 4.78 is 15.2. The van der Waals surface area contributed by atoms with Crippen LogP contribution >= 0.6 is 0 Å². The summed E-state index contributed by atoms with van der Waals surface area (Å²) in [7, 11) is 0. The molecular formula is C19H34O15. The van der Waals surface area contributed by atoms with Crippen molar-refractivity contribution in [3.05, 3.63) is 23.0 Å². The van der Waals surface area contributed by atoms with Gasteiger partial charge in [-0.05, 0) is 6.92 Å². The maximum Gasteiger partial charge on any atom is 0.217 e. The molecule has 12 N–H and O–H groups in total. The molecule has 1 heterocycles. The lowest BCUT2D eigenvalue weighted by atomic mass is 9.99. The van der Waals surface area contributed by atoms with Gasteiger partial charge >= 0.3 is 0 Å². The second-order valence-corrected chi connectivity index (χ2v) is 7.58. The molecular weight excluding hydrogens is 468 g/mol. The Morgan fingerprint density at radius 2 is 1.44 bits per heavy atom. The van der Waals surface area contributed by atoms with E-state index in [1.165, 1.54) is 0 Å². The SMILES string of the molecule is C[C@@H](O)/C(O)=C(/O)[C@@H](O)CCO[C@@H](O)/C(O)=C(/O)[C@H](CCO)O[C@H]1OC(CO)[C@@H](O)C(O)C1O. The number of hydrogen-bond donors (Lipinski definition) is 12.